The molecule has 31 heavy (non-hydrogen) atoms. The summed E-state index contributed by atoms with van der Waals surface area (Å²) in [5, 5.41) is 19.2. The number of benzene rings is 2. The van der Waals surface area contributed by atoms with E-state index >= 15 is 0 Å². The summed E-state index contributed by atoms with van der Waals surface area (Å²) < 4.78 is 13.0. The maximum atomic E-state index is 11.4. The molecule has 0 aromatic heterocycles. The first-order valence-electron chi connectivity index (χ1n) is 11.1. The van der Waals surface area contributed by atoms with Crippen LogP contribution in [0.3, 0.4) is 0 Å². The van der Waals surface area contributed by atoms with Gasteiger partial charge in [0.15, 0.2) is 0 Å². The molecule has 2 saturated heterocycles. The van der Waals surface area contributed by atoms with Crippen molar-refractivity contribution < 1.29 is 24.5 Å². The Morgan fingerprint density at radius 3 is 2.87 bits per heavy atom. The van der Waals surface area contributed by atoms with Crippen molar-refractivity contribution in [1.29, 1.82) is 0 Å². The molecule has 0 aliphatic carbocycles. The van der Waals surface area contributed by atoms with Gasteiger partial charge in [-0.05, 0) is 69.5 Å². The van der Waals surface area contributed by atoms with Crippen molar-refractivity contribution in [3.05, 3.63) is 59.2 Å². The fraction of sp³-hybridized carbons (Fsp3) is 0.480. The molecule has 6 heteroatoms. The second-order valence-corrected chi connectivity index (χ2v) is 9.55. The van der Waals surface area contributed by atoms with E-state index in [1.54, 1.807) is 24.3 Å². The number of hydrogen-bond donors (Lipinski definition) is 2. The van der Waals surface area contributed by atoms with Crippen LogP contribution in [0.2, 0.25) is 0 Å². The van der Waals surface area contributed by atoms with E-state index < -0.39 is 11.6 Å². The summed E-state index contributed by atoms with van der Waals surface area (Å²) >= 11 is 0. The van der Waals surface area contributed by atoms with Crippen molar-refractivity contribution >= 4 is 5.97 Å². The van der Waals surface area contributed by atoms with Gasteiger partial charge < -0.3 is 19.7 Å². The molecule has 2 fully saturated rings. The Bertz CT molecular complexity index is 1000. The van der Waals surface area contributed by atoms with Crippen LogP contribution in [0.4, 0.5) is 0 Å². The van der Waals surface area contributed by atoms with Crippen molar-refractivity contribution in [2.75, 3.05) is 6.54 Å². The molecule has 3 heterocycles. The highest BCUT2D eigenvalue weighted by Gasteiger charge is 2.52. The Morgan fingerprint density at radius 1 is 1.23 bits per heavy atom. The van der Waals surface area contributed by atoms with Crippen molar-refractivity contribution in [2.45, 2.75) is 63.5 Å². The molecule has 0 amide bonds. The molecular formula is C25H29NO5. The highest BCUT2D eigenvalue weighted by molar-refractivity contribution is 5.87. The second kappa shape index (κ2) is 7.53. The number of ether oxygens (including phenoxy) is 2. The van der Waals surface area contributed by atoms with Crippen LogP contribution in [-0.4, -0.2) is 45.4 Å². The van der Waals surface area contributed by atoms with Gasteiger partial charge in [-0.15, -0.1) is 0 Å². The Hall–Kier alpha value is -2.57. The molecule has 2 aromatic carbocycles. The minimum atomic E-state index is -0.895. The fourth-order valence-electron chi connectivity index (χ4n) is 5.59. The van der Waals surface area contributed by atoms with Gasteiger partial charge in [0.2, 0.25) is 0 Å². The van der Waals surface area contributed by atoms with Crippen LogP contribution in [0.25, 0.3) is 0 Å². The van der Waals surface area contributed by atoms with Crippen molar-refractivity contribution in [3.8, 4) is 11.5 Å². The number of rotatable bonds is 3. The maximum absolute atomic E-state index is 11.4. The van der Waals surface area contributed by atoms with Gasteiger partial charge in [-0.3, -0.25) is 4.90 Å². The highest BCUT2D eigenvalue weighted by Crippen LogP contribution is 2.53. The number of aromatic hydroxyl groups is 1. The van der Waals surface area contributed by atoms with E-state index in [0.717, 1.165) is 43.5 Å². The Kier molecular flexibility index (Phi) is 4.94. The zero-order chi connectivity index (χ0) is 21.8. The van der Waals surface area contributed by atoms with Crippen LogP contribution in [0.15, 0.2) is 42.5 Å². The van der Waals surface area contributed by atoms with Crippen LogP contribution < -0.4 is 4.74 Å². The van der Waals surface area contributed by atoms with E-state index in [4.69, 9.17) is 9.47 Å². The fourth-order valence-corrected chi connectivity index (χ4v) is 5.59. The predicted octanol–water partition coefficient (Wildman–Crippen LogP) is 4.37. The van der Waals surface area contributed by atoms with Crippen molar-refractivity contribution in [1.82, 2.24) is 4.90 Å². The largest absolute Gasteiger partial charge is 0.508 e. The van der Waals surface area contributed by atoms with Crippen LogP contribution in [-0.2, 0) is 11.3 Å². The molecule has 2 aromatic rings. The number of carboxylic acid groups (broad SMARTS) is 1. The summed E-state index contributed by atoms with van der Waals surface area (Å²) in [5.74, 6) is 0.210. The zero-order valence-corrected chi connectivity index (χ0v) is 18.0. The molecule has 0 radical (unpaired) electrons. The molecule has 0 bridgehead atoms. The molecule has 164 valence electrons. The molecule has 0 unspecified atom stereocenters. The Labute approximate surface area is 182 Å². The van der Waals surface area contributed by atoms with Gasteiger partial charge in [-0.1, -0.05) is 12.1 Å². The van der Waals surface area contributed by atoms with Gasteiger partial charge in [0.05, 0.1) is 17.8 Å². The zero-order valence-electron chi connectivity index (χ0n) is 18.0. The van der Waals surface area contributed by atoms with Gasteiger partial charge in [-0.25, -0.2) is 4.79 Å². The first kappa shape index (κ1) is 20.3. The summed E-state index contributed by atoms with van der Waals surface area (Å²) in [6, 6.07) is 12.8. The molecule has 0 spiro atoms. The monoisotopic (exact) mass is 423 g/mol. The van der Waals surface area contributed by atoms with Crippen LogP contribution in [0.1, 0.15) is 60.7 Å². The lowest BCUT2D eigenvalue weighted by molar-refractivity contribution is -0.190. The number of nitrogens with zero attached hydrogens (tertiary/aromatic N) is 1. The normalized spacial score (nSPS) is 29.2. The maximum Gasteiger partial charge on any atom is 0.335 e. The van der Waals surface area contributed by atoms with E-state index in [9.17, 15) is 15.0 Å². The third-order valence-corrected chi connectivity index (χ3v) is 7.14. The lowest BCUT2D eigenvalue weighted by Crippen LogP contribution is -2.58. The van der Waals surface area contributed by atoms with Crippen LogP contribution in [0, 0.1) is 5.92 Å². The van der Waals surface area contributed by atoms with Gasteiger partial charge in [-0.2, -0.15) is 0 Å². The number of piperidine rings is 1. The third kappa shape index (κ3) is 3.68. The Balaban J connectivity index is 1.41. The first-order valence-corrected chi connectivity index (χ1v) is 11.1. The third-order valence-electron chi connectivity index (χ3n) is 7.14. The van der Waals surface area contributed by atoms with Gasteiger partial charge in [0.1, 0.15) is 17.1 Å². The van der Waals surface area contributed by atoms with Gasteiger partial charge in [0.25, 0.3) is 0 Å². The number of phenolic OH excluding ortho intramolecular Hbond substituents is 1. The molecule has 2 N–H and O–H groups in total. The number of carboxylic acids is 1. The topological polar surface area (TPSA) is 79.2 Å². The minimum absolute atomic E-state index is 0.0455. The lowest BCUT2D eigenvalue weighted by atomic mass is 9.72. The van der Waals surface area contributed by atoms with Gasteiger partial charge >= 0.3 is 5.97 Å². The quantitative estimate of drug-likeness (QED) is 0.763. The lowest BCUT2D eigenvalue weighted by Gasteiger charge is -2.54. The van der Waals surface area contributed by atoms with E-state index in [0.29, 0.717) is 11.3 Å². The first-order chi connectivity index (χ1) is 14.8. The molecular weight excluding hydrogens is 394 g/mol. The minimum Gasteiger partial charge on any atom is -0.508 e. The van der Waals surface area contributed by atoms with Gasteiger partial charge in [0, 0.05) is 30.1 Å². The molecule has 6 nitrogen and oxygen atoms in total. The second-order valence-electron chi connectivity index (χ2n) is 9.55. The predicted molar refractivity (Wildman–Crippen MR) is 115 cm³/mol. The molecule has 5 rings (SSSR count). The number of carbonyl (C=O) groups is 1. The van der Waals surface area contributed by atoms with Crippen LogP contribution in [0.5, 0.6) is 11.5 Å². The summed E-state index contributed by atoms with van der Waals surface area (Å²) in [5.41, 5.74) is 1.95. The summed E-state index contributed by atoms with van der Waals surface area (Å²) in [6.45, 7) is 5.90. The molecule has 3 aliphatic heterocycles. The summed E-state index contributed by atoms with van der Waals surface area (Å²) in [6.07, 6.45) is 3.12. The number of hydrogen-bond acceptors (Lipinski definition) is 5. The SMILES string of the molecule is CC1(C)Oc2cc(O)ccc2[C@H]2O[C@H]3CCCN(Cc4cccc(C(=O)O)c4)[C@H]3C[C@@H]21. The number of phenols is 1. The van der Waals surface area contributed by atoms with E-state index in [-0.39, 0.29) is 29.9 Å². The van der Waals surface area contributed by atoms with Crippen molar-refractivity contribution in [2.24, 2.45) is 5.92 Å². The summed E-state index contributed by atoms with van der Waals surface area (Å²) in [4.78, 5) is 13.8. The number of likely N-dealkylation sites (tertiary alicyclic amines) is 1. The van der Waals surface area contributed by atoms with E-state index in [1.807, 2.05) is 18.2 Å². The van der Waals surface area contributed by atoms with Crippen LogP contribution >= 0.6 is 0 Å². The smallest absolute Gasteiger partial charge is 0.335 e. The van der Waals surface area contributed by atoms with E-state index in [1.165, 1.54) is 0 Å². The van der Waals surface area contributed by atoms with Crippen molar-refractivity contribution in [3.63, 3.8) is 0 Å². The summed E-state index contributed by atoms with van der Waals surface area (Å²) in [7, 11) is 0. The molecule has 0 saturated carbocycles. The Morgan fingerprint density at radius 2 is 2.06 bits per heavy atom. The number of aromatic carboxylic acids is 1. The average Bonchev–Trinajstić information content (AvgIpc) is 2.72. The average molecular weight is 424 g/mol. The highest BCUT2D eigenvalue weighted by atomic mass is 16.5. The number of fused-ring (bicyclic) bond motifs is 4. The molecule has 3 aliphatic rings. The molecule has 4 atom stereocenters. The standard InChI is InChI=1S/C25H29NO5/c1-25(2)19-13-20-21(30-23(19)18-9-8-17(27)12-22(18)31-25)7-4-10-26(20)14-15-5-3-6-16(11-15)24(28)29/h3,5-6,8-9,11-12,19-21,23,27H,4,7,10,13-14H2,1-2H3,(H,28,29)/t19-,20-,21-,23+/m0/s1. The van der Waals surface area contributed by atoms with E-state index in [2.05, 4.69) is 18.7 Å².